The van der Waals surface area contributed by atoms with Crippen LogP contribution in [0.3, 0.4) is 0 Å². The first-order valence-electron chi connectivity index (χ1n) is 10.1. The van der Waals surface area contributed by atoms with Crippen molar-refractivity contribution in [3.8, 4) is 5.75 Å². The third kappa shape index (κ3) is 5.99. The number of nitrogens with zero attached hydrogens (tertiary/aromatic N) is 3. The summed E-state index contributed by atoms with van der Waals surface area (Å²) in [5.41, 5.74) is 5.46. The number of carbonyl (C=O) groups is 1. The largest absolute Gasteiger partial charge is 0.487 e. The Balaban J connectivity index is 1.49. The van der Waals surface area contributed by atoms with Crippen LogP contribution in [0.5, 0.6) is 5.75 Å². The molecular weight excluding hydrogens is 406 g/mol. The summed E-state index contributed by atoms with van der Waals surface area (Å²) in [7, 11) is 0. The number of amides is 1. The number of pyridine rings is 1. The van der Waals surface area contributed by atoms with Crippen LogP contribution in [0.15, 0.2) is 90.0 Å². The van der Waals surface area contributed by atoms with Crippen LogP contribution in [0.25, 0.3) is 0 Å². The molecule has 2 aromatic heterocycles. The van der Waals surface area contributed by atoms with Gasteiger partial charge in [0.05, 0.1) is 11.2 Å². The molecule has 4 aromatic rings. The molecule has 31 heavy (non-hydrogen) atoms. The Kier molecular flexibility index (Phi) is 7.03. The Morgan fingerprint density at radius 2 is 1.87 bits per heavy atom. The summed E-state index contributed by atoms with van der Waals surface area (Å²) in [6, 6.07) is 21.4. The molecule has 0 fully saturated rings. The number of thiazole rings is 1. The molecule has 0 spiro atoms. The van der Waals surface area contributed by atoms with Gasteiger partial charge in [0.15, 0.2) is 0 Å². The summed E-state index contributed by atoms with van der Waals surface area (Å²) in [6.45, 7) is 1.50. The van der Waals surface area contributed by atoms with E-state index in [0.717, 1.165) is 17.7 Å². The molecule has 0 unspecified atom stereocenters. The minimum atomic E-state index is -0.0288. The van der Waals surface area contributed by atoms with Crippen LogP contribution >= 0.6 is 11.3 Å². The summed E-state index contributed by atoms with van der Waals surface area (Å²) in [4.78, 5) is 23.7. The molecule has 1 amide bonds. The van der Waals surface area contributed by atoms with Crippen LogP contribution < -0.4 is 4.74 Å². The number of hydrogen-bond donors (Lipinski definition) is 0. The van der Waals surface area contributed by atoms with Gasteiger partial charge in [0.2, 0.25) is 0 Å². The van der Waals surface area contributed by atoms with Crippen molar-refractivity contribution >= 4 is 17.2 Å². The zero-order valence-electron chi connectivity index (χ0n) is 17.1. The maximum absolute atomic E-state index is 13.4. The van der Waals surface area contributed by atoms with E-state index in [1.54, 1.807) is 24.0 Å². The third-order valence-corrected chi connectivity index (χ3v) is 5.48. The predicted molar refractivity (Wildman–Crippen MR) is 122 cm³/mol. The van der Waals surface area contributed by atoms with E-state index >= 15 is 0 Å². The third-order valence-electron chi connectivity index (χ3n) is 4.85. The van der Waals surface area contributed by atoms with E-state index in [4.69, 9.17) is 4.74 Å². The van der Waals surface area contributed by atoms with Crippen molar-refractivity contribution in [3.63, 3.8) is 0 Å². The Labute approximate surface area is 186 Å². The Bertz CT molecular complexity index is 1090. The fraction of sp³-hybridized carbons (Fsp3) is 0.160. The van der Waals surface area contributed by atoms with Gasteiger partial charge in [-0.3, -0.25) is 9.78 Å². The van der Waals surface area contributed by atoms with E-state index in [9.17, 15) is 4.79 Å². The van der Waals surface area contributed by atoms with E-state index in [-0.39, 0.29) is 5.91 Å². The zero-order chi connectivity index (χ0) is 21.3. The summed E-state index contributed by atoms with van der Waals surface area (Å²) >= 11 is 1.53. The molecule has 0 N–H and O–H groups in total. The SMILES string of the molecule is O=C(c1cccc(OCc2cscn2)c1)N(CCc1ccccc1)Cc1cccnc1. The first-order valence-corrected chi connectivity index (χ1v) is 11.0. The van der Waals surface area contributed by atoms with Crippen molar-refractivity contribution in [2.24, 2.45) is 0 Å². The van der Waals surface area contributed by atoms with Crippen molar-refractivity contribution in [3.05, 3.63) is 112 Å². The standard InChI is InChI=1S/C25H23N3O2S/c29-25(22-9-4-10-24(14-22)30-17-23-18-31-19-27-23)28(16-21-8-5-12-26-15-21)13-11-20-6-2-1-3-7-20/h1-10,12,14-15,18-19H,11,13,16-17H2. The molecule has 0 aliphatic heterocycles. The molecule has 0 bridgehead atoms. The lowest BCUT2D eigenvalue weighted by atomic mass is 10.1. The second kappa shape index (κ2) is 10.5. The highest BCUT2D eigenvalue weighted by Gasteiger charge is 2.17. The lowest BCUT2D eigenvalue weighted by molar-refractivity contribution is 0.0744. The highest BCUT2D eigenvalue weighted by atomic mass is 32.1. The lowest BCUT2D eigenvalue weighted by Gasteiger charge is -2.23. The number of benzene rings is 2. The van der Waals surface area contributed by atoms with Gasteiger partial charge in [-0.1, -0.05) is 42.5 Å². The Morgan fingerprint density at radius 3 is 2.65 bits per heavy atom. The molecule has 156 valence electrons. The molecule has 0 radical (unpaired) electrons. The molecule has 0 atom stereocenters. The van der Waals surface area contributed by atoms with E-state index in [1.807, 2.05) is 58.8 Å². The maximum atomic E-state index is 13.4. The van der Waals surface area contributed by atoms with Gasteiger partial charge in [0.1, 0.15) is 12.4 Å². The molecule has 4 rings (SSSR count). The molecule has 5 nitrogen and oxygen atoms in total. The molecule has 0 saturated heterocycles. The van der Waals surface area contributed by atoms with E-state index in [1.165, 1.54) is 16.9 Å². The summed E-state index contributed by atoms with van der Waals surface area (Å²) in [5.74, 6) is 0.627. The number of aromatic nitrogens is 2. The van der Waals surface area contributed by atoms with Crippen LogP contribution in [0.2, 0.25) is 0 Å². The van der Waals surface area contributed by atoms with Crippen LogP contribution in [0.4, 0.5) is 0 Å². The van der Waals surface area contributed by atoms with Gasteiger partial charge in [0.25, 0.3) is 5.91 Å². The van der Waals surface area contributed by atoms with Crippen molar-refractivity contribution in [2.75, 3.05) is 6.54 Å². The van der Waals surface area contributed by atoms with Gasteiger partial charge in [0, 0.05) is 36.4 Å². The van der Waals surface area contributed by atoms with Gasteiger partial charge < -0.3 is 9.64 Å². The second-order valence-electron chi connectivity index (χ2n) is 7.12. The van der Waals surface area contributed by atoms with Gasteiger partial charge in [-0.25, -0.2) is 4.98 Å². The number of hydrogen-bond acceptors (Lipinski definition) is 5. The van der Waals surface area contributed by atoms with E-state index in [0.29, 0.717) is 31.0 Å². The number of rotatable bonds is 9. The first-order chi connectivity index (χ1) is 15.3. The molecule has 2 heterocycles. The van der Waals surface area contributed by atoms with Crippen molar-refractivity contribution in [2.45, 2.75) is 19.6 Å². The van der Waals surface area contributed by atoms with Crippen LogP contribution in [-0.4, -0.2) is 27.3 Å². The highest BCUT2D eigenvalue weighted by Crippen LogP contribution is 2.18. The minimum Gasteiger partial charge on any atom is -0.487 e. The molecule has 0 aliphatic rings. The smallest absolute Gasteiger partial charge is 0.254 e. The zero-order valence-corrected chi connectivity index (χ0v) is 17.9. The fourth-order valence-corrected chi connectivity index (χ4v) is 3.78. The Morgan fingerprint density at radius 1 is 1.00 bits per heavy atom. The molecule has 6 heteroatoms. The molecule has 0 saturated carbocycles. The average molecular weight is 430 g/mol. The predicted octanol–water partition coefficient (Wildman–Crippen LogP) is 5.00. The van der Waals surface area contributed by atoms with Gasteiger partial charge in [-0.15, -0.1) is 11.3 Å². The van der Waals surface area contributed by atoms with E-state index in [2.05, 4.69) is 22.1 Å². The number of ether oxygens (including phenoxy) is 1. The monoisotopic (exact) mass is 429 g/mol. The molecule has 0 aliphatic carbocycles. The molecular formula is C25H23N3O2S. The van der Waals surface area contributed by atoms with Gasteiger partial charge in [-0.05, 0) is 41.8 Å². The van der Waals surface area contributed by atoms with Crippen LogP contribution in [0.1, 0.15) is 27.2 Å². The summed E-state index contributed by atoms with van der Waals surface area (Å²) in [5, 5.41) is 1.95. The topological polar surface area (TPSA) is 55.3 Å². The number of carbonyl (C=O) groups excluding carboxylic acids is 1. The van der Waals surface area contributed by atoms with Gasteiger partial charge >= 0.3 is 0 Å². The van der Waals surface area contributed by atoms with Crippen LogP contribution in [0, 0.1) is 0 Å². The summed E-state index contributed by atoms with van der Waals surface area (Å²) < 4.78 is 5.83. The highest BCUT2D eigenvalue weighted by molar-refractivity contribution is 7.07. The minimum absolute atomic E-state index is 0.0288. The fourth-order valence-electron chi connectivity index (χ4n) is 3.24. The normalized spacial score (nSPS) is 10.6. The first kappa shape index (κ1) is 20.8. The van der Waals surface area contributed by atoms with Crippen LogP contribution in [-0.2, 0) is 19.6 Å². The van der Waals surface area contributed by atoms with Gasteiger partial charge in [-0.2, -0.15) is 0 Å². The van der Waals surface area contributed by atoms with Crippen molar-refractivity contribution in [1.82, 2.24) is 14.9 Å². The maximum Gasteiger partial charge on any atom is 0.254 e. The van der Waals surface area contributed by atoms with Crippen molar-refractivity contribution < 1.29 is 9.53 Å². The van der Waals surface area contributed by atoms with Crippen molar-refractivity contribution in [1.29, 1.82) is 0 Å². The van der Waals surface area contributed by atoms with E-state index < -0.39 is 0 Å². The second-order valence-corrected chi connectivity index (χ2v) is 7.84. The Hall–Kier alpha value is -3.51. The summed E-state index contributed by atoms with van der Waals surface area (Å²) in [6.07, 6.45) is 4.33. The molecule has 2 aromatic carbocycles. The average Bonchev–Trinajstić information content (AvgIpc) is 3.35. The lowest BCUT2D eigenvalue weighted by Crippen LogP contribution is -2.32. The quantitative estimate of drug-likeness (QED) is 0.376.